The molecule has 0 radical (unpaired) electrons. The summed E-state index contributed by atoms with van der Waals surface area (Å²) in [7, 11) is 1.74. The number of halogens is 1. The van der Waals surface area contributed by atoms with E-state index in [0.717, 1.165) is 23.9 Å². The summed E-state index contributed by atoms with van der Waals surface area (Å²) in [6.45, 7) is 0. The van der Waals surface area contributed by atoms with Crippen molar-refractivity contribution >= 4 is 22.0 Å². The zero-order valence-corrected chi connectivity index (χ0v) is 10.5. The van der Waals surface area contributed by atoms with Crippen LogP contribution < -0.4 is 4.74 Å². The molecular formula is C13H15BrO. The van der Waals surface area contributed by atoms with Gasteiger partial charge >= 0.3 is 0 Å². The third kappa shape index (κ3) is 2.25. The Hall–Kier alpha value is -0.760. The molecule has 0 heterocycles. The van der Waals surface area contributed by atoms with Crippen molar-refractivity contribution in [3.05, 3.63) is 34.9 Å². The molecule has 0 amide bonds. The SMILES string of the molecule is COc1cccc2c1CCC(CCBr)=C2. The second-order valence-corrected chi connectivity index (χ2v) is 4.56. The molecule has 1 aromatic carbocycles. The Balaban J connectivity index is 2.34. The first kappa shape index (κ1) is 10.7. The Labute approximate surface area is 99.3 Å². The van der Waals surface area contributed by atoms with Crippen LogP contribution in [0.2, 0.25) is 0 Å². The second kappa shape index (κ2) is 4.84. The lowest BCUT2D eigenvalue weighted by molar-refractivity contribution is 0.409. The van der Waals surface area contributed by atoms with Crippen LogP contribution in [0.4, 0.5) is 0 Å². The number of benzene rings is 1. The van der Waals surface area contributed by atoms with Gasteiger partial charge in [0.1, 0.15) is 5.75 Å². The molecule has 0 bridgehead atoms. The number of fused-ring (bicyclic) bond motifs is 1. The van der Waals surface area contributed by atoms with Crippen molar-refractivity contribution in [1.82, 2.24) is 0 Å². The van der Waals surface area contributed by atoms with E-state index >= 15 is 0 Å². The molecule has 1 aliphatic rings. The van der Waals surface area contributed by atoms with Gasteiger partial charge in [-0.15, -0.1) is 0 Å². The zero-order chi connectivity index (χ0) is 10.7. The van der Waals surface area contributed by atoms with Crippen LogP contribution in [-0.2, 0) is 6.42 Å². The van der Waals surface area contributed by atoms with E-state index in [2.05, 4.69) is 34.1 Å². The minimum atomic E-state index is 1.03. The van der Waals surface area contributed by atoms with Gasteiger partial charge in [-0.25, -0.2) is 0 Å². The van der Waals surface area contributed by atoms with E-state index in [1.165, 1.54) is 23.1 Å². The molecule has 0 saturated heterocycles. The first-order valence-corrected chi connectivity index (χ1v) is 6.38. The highest BCUT2D eigenvalue weighted by molar-refractivity contribution is 9.09. The van der Waals surface area contributed by atoms with Crippen LogP contribution in [0, 0.1) is 0 Å². The van der Waals surface area contributed by atoms with Crippen molar-refractivity contribution in [1.29, 1.82) is 0 Å². The molecule has 0 atom stereocenters. The highest BCUT2D eigenvalue weighted by Gasteiger charge is 2.13. The minimum absolute atomic E-state index is 1.03. The molecule has 0 aromatic heterocycles. The molecule has 15 heavy (non-hydrogen) atoms. The maximum atomic E-state index is 5.37. The minimum Gasteiger partial charge on any atom is -0.496 e. The average Bonchev–Trinajstić information content (AvgIpc) is 2.28. The molecule has 0 spiro atoms. The summed E-state index contributed by atoms with van der Waals surface area (Å²) in [5.74, 6) is 1.03. The summed E-state index contributed by atoms with van der Waals surface area (Å²) in [6, 6.07) is 6.28. The largest absolute Gasteiger partial charge is 0.496 e. The molecule has 0 N–H and O–H groups in total. The average molecular weight is 267 g/mol. The molecule has 0 saturated carbocycles. The van der Waals surface area contributed by atoms with Gasteiger partial charge in [-0.2, -0.15) is 0 Å². The highest BCUT2D eigenvalue weighted by atomic mass is 79.9. The van der Waals surface area contributed by atoms with E-state index in [-0.39, 0.29) is 0 Å². The Morgan fingerprint density at radius 1 is 1.33 bits per heavy atom. The summed E-state index contributed by atoms with van der Waals surface area (Å²) in [6.07, 6.45) is 5.73. The van der Waals surface area contributed by atoms with Gasteiger partial charge in [-0.1, -0.05) is 39.7 Å². The number of hydrogen-bond donors (Lipinski definition) is 0. The van der Waals surface area contributed by atoms with E-state index in [9.17, 15) is 0 Å². The molecule has 0 aliphatic heterocycles. The van der Waals surface area contributed by atoms with Gasteiger partial charge < -0.3 is 4.74 Å². The third-order valence-electron chi connectivity index (χ3n) is 2.86. The van der Waals surface area contributed by atoms with Gasteiger partial charge in [0.2, 0.25) is 0 Å². The number of rotatable bonds is 3. The molecular weight excluding hydrogens is 252 g/mol. The van der Waals surface area contributed by atoms with Crippen LogP contribution in [0.5, 0.6) is 5.75 Å². The third-order valence-corrected chi connectivity index (χ3v) is 3.26. The summed E-state index contributed by atoms with van der Waals surface area (Å²) in [5.41, 5.74) is 4.22. The number of hydrogen-bond acceptors (Lipinski definition) is 1. The van der Waals surface area contributed by atoms with Gasteiger partial charge in [-0.05, 0) is 30.9 Å². The van der Waals surface area contributed by atoms with Gasteiger partial charge in [0, 0.05) is 10.9 Å². The Bertz CT molecular complexity index is 382. The summed E-state index contributed by atoms with van der Waals surface area (Å²) >= 11 is 3.49. The van der Waals surface area contributed by atoms with E-state index in [1.807, 2.05) is 6.07 Å². The van der Waals surface area contributed by atoms with E-state index < -0.39 is 0 Å². The molecule has 80 valence electrons. The van der Waals surface area contributed by atoms with Crippen LogP contribution in [-0.4, -0.2) is 12.4 Å². The number of alkyl halides is 1. The van der Waals surface area contributed by atoms with E-state index in [1.54, 1.807) is 7.11 Å². The smallest absolute Gasteiger partial charge is 0.122 e. The van der Waals surface area contributed by atoms with Crippen molar-refractivity contribution in [2.24, 2.45) is 0 Å². The zero-order valence-electron chi connectivity index (χ0n) is 8.92. The predicted molar refractivity (Wildman–Crippen MR) is 67.7 cm³/mol. The topological polar surface area (TPSA) is 9.23 Å². The van der Waals surface area contributed by atoms with Crippen LogP contribution >= 0.6 is 15.9 Å². The van der Waals surface area contributed by atoms with Gasteiger partial charge in [0.05, 0.1) is 7.11 Å². The fourth-order valence-electron chi connectivity index (χ4n) is 2.07. The maximum absolute atomic E-state index is 5.37. The fourth-order valence-corrected chi connectivity index (χ4v) is 2.58. The standard InChI is InChI=1S/C13H15BrO/c1-15-13-4-2-3-11-9-10(7-8-14)5-6-12(11)13/h2-4,9H,5-8H2,1H3. The van der Waals surface area contributed by atoms with Crippen molar-refractivity contribution in [2.75, 3.05) is 12.4 Å². The fraction of sp³-hybridized carbons (Fsp3) is 0.385. The predicted octanol–water partition coefficient (Wildman–Crippen LogP) is 3.81. The van der Waals surface area contributed by atoms with Crippen LogP contribution in [0.1, 0.15) is 24.0 Å². The van der Waals surface area contributed by atoms with Crippen LogP contribution in [0.15, 0.2) is 23.8 Å². The Kier molecular flexibility index (Phi) is 3.47. The summed E-state index contributed by atoms with van der Waals surface area (Å²) < 4.78 is 5.37. The first-order valence-electron chi connectivity index (χ1n) is 5.26. The summed E-state index contributed by atoms with van der Waals surface area (Å²) in [4.78, 5) is 0. The number of methoxy groups -OCH3 is 1. The lowest BCUT2D eigenvalue weighted by Crippen LogP contribution is -2.02. The van der Waals surface area contributed by atoms with Crippen molar-refractivity contribution in [3.63, 3.8) is 0 Å². The molecule has 1 aromatic rings. The molecule has 2 heteroatoms. The number of allylic oxidation sites excluding steroid dienone is 1. The Morgan fingerprint density at radius 2 is 2.20 bits per heavy atom. The molecule has 1 aliphatic carbocycles. The summed E-state index contributed by atoms with van der Waals surface area (Å²) in [5, 5.41) is 1.05. The monoisotopic (exact) mass is 266 g/mol. The quantitative estimate of drug-likeness (QED) is 0.757. The molecule has 0 fully saturated rings. The molecule has 1 nitrogen and oxygen atoms in total. The molecule has 0 unspecified atom stereocenters. The van der Waals surface area contributed by atoms with Crippen LogP contribution in [0.3, 0.4) is 0 Å². The normalized spacial score (nSPS) is 14.4. The Morgan fingerprint density at radius 3 is 2.93 bits per heavy atom. The first-order chi connectivity index (χ1) is 7.35. The van der Waals surface area contributed by atoms with Crippen LogP contribution in [0.25, 0.3) is 6.08 Å². The van der Waals surface area contributed by atoms with Crippen molar-refractivity contribution < 1.29 is 4.74 Å². The molecule has 2 rings (SSSR count). The highest BCUT2D eigenvalue weighted by Crippen LogP contribution is 2.31. The van der Waals surface area contributed by atoms with Crippen molar-refractivity contribution in [2.45, 2.75) is 19.3 Å². The van der Waals surface area contributed by atoms with Gasteiger partial charge in [0.15, 0.2) is 0 Å². The van der Waals surface area contributed by atoms with E-state index in [0.29, 0.717) is 0 Å². The van der Waals surface area contributed by atoms with Gasteiger partial charge in [0.25, 0.3) is 0 Å². The van der Waals surface area contributed by atoms with Gasteiger partial charge in [-0.3, -0.25) is 0 Å². The number of ether oxygens (including phenoxy) is 1. The van der Waals surface area contributed by atoms with E-state index in [4.69, 9.17) is 4.74 Å². The second-order valence-electron chi connectivity index (χ2n) is 3.77. The lowest BCUT2D eigenvalue weighted by Gasteiger charge is -2.18. The lowest BCUT2D eigenvalue weighted by atomic mass is 9.90. The maximum Gasteiger partial charge on any atom is 0.122 e. The van der Waals surface area contributed by atoms with Crippen molar-refractivity contribution in [3.8, 4) is 5.75 Å².